The van der Waals surface area contributed by atoms with Crippen LogP contribution >= 0.6 is 0 Å². The summed E-state index contributed by atoms with van der Waals surface area (Å²) in [6.07, 6.45) is 3.55. The lowest BCUT2D eigenvalue weighted by Gasteiger charge is -2.13. The van der Waals surface area contributed by atoms with Crippen LogP contribution in [0.3, 0.4) is 0 Å². The van der Waals surface area contributed by atoms with Crippen molar-refractivity contribution in [2.45, 2.75) is 0 Å². The van der Waals surface area contributed by atoms with Crippen LogP contribution in [0.1, 0.15) is 10.4 Å². The number of methoxy groups -OCH3 is 3. The number of nitrogens with one attached hydrogen (secondary N) is 1. The van der Waals surface area contributed by atoms with Gasteiger partial charge in [0.15, 0.2) is 11.5 Å². The van der Waals surface area contributed by atoms with Gasteiger partial charge in [0, 0.05) is 25.2 Å². The average Bonchev–Trinajstić information content (AvgIpc) is 2.49. The Labute approximate surface area is 118 Å². The van der Waals surface area contributed by atoms with Crippen molar-refractivity contribution in [1.82, 2.24) is 5.32 Å². The van der Waals surface area contributed by atoms with E-state index in [1.165, 1.54) is 21.3 Å². The SMILES string of the molecule is COc1cc(OC)c(C(=O)NC/C=C/CN)cc1OC. The van der Waals surface area contributed by atoms with Gasteiger partial charge in [-0.25, -0.2) is 0 Å². The van der Waals surface area contributed by atoms with Gasteiger partial charge in [0.1, 0.15) is 5.75 Å². The van der Waals surface area contributed by atoms with E-state index in [1.807, 2.05) is 0 Å². The Morgan fingerprint density at radius 2 is 1.70 bits per heavy atom. The number of ether oxygens (including phenoxy) is 3. The first-order valence-corrected chi connectivity index (χ1v) is 6.11. The second-order valence-corrected chi connectivity index (χ2v) is 3.82. The molecule has 0 heterocycles. The van der Waals surface area contributed by atoms with E-state index in [9.17, 15) is 4.79 Å². The smallest absolute Gasteiger partial charge is 0.255 e. The second kappa shape index (κ2) is 8.06. The van der Waals surface area contributed by atoms with Gasteiger partial charge in [0.25, 0.3) is 5.91 Å². The van der Waals surface area contributed by atoms with Crippen molar-refractivity contribution >= 4 is 5.91 Å². The maximum absolute atomic E-state index is 12.1. The number of nitrogens with two attached hydrogens (primary N) is 1. The third-order valence-electron chi connectivity index (χ3n) is 2.63. The Morgan fingerprint density at radius 3 is 2.25 bits per heavy atom. The summed E-state index contributed by atoms with van der Waals surface area (Å²) >= 11 is 0. The monoisotopic (exact) mass is 280 g/mol. The molecule has 0 spiro atoms. The number of carbonyl (C=O) groups is 1. The zero-order valence-electron chi connectivity index (χ0n) is 11.9. The molecule has 0 aromatic heterocycles. The van der Waals surface area contributed by atoms with Gasteiger partial charge in [-0.1, -0.05) is 12.2 Å². The summed E-state index contributed by atoms with van der Waals surface area (Å²) in [5.41, 5.74) is 5.70. The molecule has 0 fully saturated rings. The van der Waals surface area contributed by atoms with Gasteiger partial charge in [-0.2, -0.15) is 0 Å². The third-order valence-corrected chi connectivity index (χ3v) is 2.63. The van der Waals surface area contributed by atoms with E-state index in [-0.39, 0.29) is 5.91 Å². The molecular formula is C14H20N2O4. The lowest BCUT2D eigenvalue weighted by molar-refractivity contribution is 0.0954. The Hall–Kier alpha value is -2.21. The molecule has 0 atom stereocenters. The maximum atomic E-state index is 12.1. The average molecular weight is 280 g/mol. The number of hydrogen-bond acceptors (Lipinski definition) is 5. The van der Waals surface area contributed by atoms with Gasteiger partial charge in [-0.15, -0.1) is 0 Å². The fraction of sp³-hybridized carbons (Fsp3) is 0.357. The molecule has 1 rings (SSSR count). The Kier molecular flexibility index (Phi) is 6.39. The van der Waals surface area contributed by atoms with Crippen molar-refractivity contribution in [3.05, 3.63) is 29.8 Å². The van der Waals surface area contributed by atoms with Crippen LogP contribution in [-0.4, -0.2) is 40.3 Å². The Bertz CT molecular complexity index is 486. The normalized spacial score (nSPS) is 10.4. The van der Waals surface area contributed by atoms with Gasteiger partial charge >= 0.3 is 0 Å². The van der Waals surface area contributed by atoms with E-state index < -0.39 is 0 Å². The lowest BCUT2D eigenvalue weighted by atomic mass is 10.1. The number of carbonyl (C=O) groups excluding carboxylic acids is 1. The highest BCUT2D eigenvalue weighted by Crippen LogP contribution is 2.34. The summed E-state index contributed by atoms with van der Waals surface area (Å²) in [4.78, 5) is 12.1. The summed E-state index contributed by atoms with van der Waals surface area (Å²) in [5.74, 6) is 1.13. The molecule has 110 valence electrons. The van der Waals surface area contributed by atoms with Crippen LogP contribution in [0, 0.1) is 0 Å². The number of benzene rings is 1. The van der Waals surface area contributed by atoms with E-state index in [4.69, 9.17) is 19.9 Å². The van der Waals surface area contributed by atoms with Crippen LogP contribution < -0.4 is 25.3 Å². The minimum absolute atomic E-state index is 0.260. The molecule has 0 unspecified atom stereocenters. The van der Waals surface area contributed by atoms with Crippen LogP contribution in [0.2, 0.25) is 0 Å². The molecule has 1 amide bonds. The zero-order valence-corrected chi connectivity index (χ0v) is 11.9. The van der Waals surface area contributed by atoms with Crippen molar-refractivity contribution < 1.29 is 19.0 Å². The summed E-state index contributed by atoms with van der Waals surface area (Å²) in [6, 6.07) is 3.20. The number of amides is 1. The second-order valence-electron chi connectivity index (χ2n) is 3.82. The molecule has 0 aliphatic carbocycles. The van der Waals surface area contributed by atoms with Crippen LogP contribution in [-0.2, 0) is 0 Å². The predicted molar refractivity (Wildman–Crippen MR) is 76.6 cm³/mol. The van der Waals surface area contributed by atoms with Crippen molar-refractivity contribution in [2.75, 3.05) is 34.4 Å². The fourth-order valence-corrected chi connectivity index (χ4v) is 1.63. The summed E-state index contributed by atoms with van der Waals surface area (Å²) in [7, 11) is 4.52. The molecule has 0 aliphatic heterocycles. The van der Waals surface area contributed by atoms with Gasteiger partial charge in [-0.05, 0) is 0 Å². The number of hydrogen-bond donors (Lipinski definition) is 2. The van der Waals surface area contributed by atoms with E-state index in [0.29, 0.717) is 35.9 Å². The standard InChI is InChI=1S/C14H20N2O4/c1-18-11-9-13(20-3)12(19-2)8-10(11)14(17)16-7-5-4-6-15/h4-5,8-9H,6-7,15H2,1-3H3,(H,16,17)/b5-4+. The quantitative estimate of drug-likeness (QED) is 0.727. The van der Waals surface area contributed by atoms with Crippen LogP contribution in [0.4, 0.5) is 0 Å². The summed E-state index contributed by atoms with van der Waals surface area (Å²) < 4.78 is 15.5. The van der Waals surface area contributed by atoms with Crippen molar-refractivity contribution in [1.29, 1.82) is 0 Å². The Balaban J connectivity index is 2.97. The van der Waals surface area contributed by atoms with Crippen LogP contribution in [0.25, 0.3) is 0 Å². The highest BCUT2D eigenvalue weighted by Gasteiger charge is 2.17. The first-order valence-electron chi connectivity index (χ1n) is 6.11. The summed E-state index contributed by atoms with van der Waals surface area (Å²) in [6.45, 7) is 0.836. The first-order chi connectivity index (χ1) is 9.67. The molecule has 20 heavy (non-hydrogen) atoms. The maximum Gasteiger partial charge on any atom is 0.255 e. The molecule has 0 aliphatic rings. The molecule has 6 heteroatoms. The highest BCUT2D eigenvalue weighted by atomic mass is 16.5. The number of rotatable bonds is 7. The van der Waals surface area contributed by atoms with Crippen LogP contribution in [0.15, 0.2) is 24.3 Å². The predicted octanol–water partition coefficient (Wildman–Crippen LogP) is 0.957. The van der Waals surface area contributed by atoms with Crippen molar-refractivity contribution in [3.8, 4) is 17.2 Å². The topological polar surface area (TPSA) is 82.8 Å². The van der Waals surface area contributed by atoms with E-state index in [2.05, 4.69) is 5.32 Å². The van der Waals surface area contributed by atoms with Crippen LogP contribution in [0.5, 0.6) is 17.2 Å². The largest absolute Gasteiger partial charge is 0.496 e. The molecule has 0 radical (unpaired) electrons. The zero-order chi connectivity index (χ0) is 15.0. The van der Waals surface area contributed by atoms with E-state index >= 15 is 0 Å². The van der Waals surface area contributed by atoms with E-state index in [0.717, 1.165) is 0 Å². The molecule has 6 nitrogen and oxygen atoms in total. The summed E-state index contributed by atoms with van der Waals surface area (Å²) in [5, 5.41) is 2.74. The molecule has 0 bridgehead atoms. The Morgan fingerprint density at radius 1 is 1.10 bits per heavy atom. The molecule has 1 aromatic carbocycles. The third kappa shape index (κ3) is 3.89. The fourth-order valence-electron chi connectivity index (χ4n) is 1.63. The minimum atomic E-state index is -0.260. The minimum Gasteiger partial charge on any atom is -0.496 e. The molecule has 0 saturated heterocycles. The van der Waals surface area contributed by atoms with Gasteiger partial charge in [0.2, 0.25) is 0 Å². The van der Waals surface area contributed by atoms with E-state index in [1.54, 1.807) is 24.3 Å². The molecule has 1 aromatic rings. The van der Waals surface area contributed by atoms with Crippen molar-refractivity contribution in [3.63, 3.8) is 0 Å². The van der Waals surface area contributed by atoms with Gasteiger partial charge in [-0.3, -0.25) is 4.79 Å². The lowest BCUT2D eigenvalue weighted by Crippen LogP contribution is -2.24. The van der Waals surface area contributed by atoms with Gasteiger partial charge in [0.05, 0.1) is 26.9 Å². The highest BCUT2D eigenvalue weighted by molar-refractivity contribution is 5.97. The van der Waals surface area contributed by atoms with Gasteiger partial charge < -0.3 is 25.3 Å². The molecular weight excluding hydrogens is 260 g/mol. The first kappa shape index (κ1) is 15.8. The van der Waals surface area contributed by atoms with Crippen molar-refractivity contribution in [2.24, 2.45) is 5.73 Å². The molecule has 0 saturated carbocycles. The molecule has 3 N–H and O–H groups in total.